The van der Waals surface area contributed by atoms with Crippen LogP contribution in [0.5, 0.6) is 5.75 Å². The van der Waals surface area contributed by atoms with Crippen molar-refractivity contribution in [1.29, 1.82) is 0 Å². The summed E-state index contributed by atoms with van der Waals surface area (Å²) in [4.78, 5) is 26.5. The summed E-state index contributed by atoms with van der Waals surface area (Å²) in [5, 5.41) is 0. The Morgan fingerprint density at radius 2 is 1.43 bits per heavy atom. The summed E-state index contributed by atoms with van der Waals surface area (Å²) < 4.78 is 11.9. The maximum absolute atomic E-state index is 13.2. The van der Waals surface area contributed by atoms with Crippen LogP contribution in [0.2, 0.25) is 0 Å². The number of hydrogen-bond acceptors (Lipinski definition) is 4. The third-order valence-corrected chi connectivity index (χ3v) is 6.16. The summed E-state index contributed by atoms with van der Waals surface area (Å²) in [6.45, 7) is 12.5. The smallest absolute Gasteiger partial charge is 0.163 e. The molecule has 0 atom stereocenters. The van der Waals surface area contributed by atoms with Gasteiger partial charge in [0, 0.05) is 42.7 Å². The second kappa shape index (κ2) is 7.26. The van der Waals surface area contributed by atoms with Crippen LogP contribution in [0.25, 0.3) is 0 Å². The van der Waals surface area contributed by atoms with E-state index in [0.29, 0.717) is 43.4 Å². The lowest BCUT2D eigenvalue weighted by Crippen LogP contribution is -2.37. The molecule has 0 bridgehead atoms. The molecule has 4 rings (SSSR count). The van der Waals surface area contributed by atoms with Gasteiger partial charge in [-0.15, -0.1) is 0 Å². The molecule has 0 fully saturated rings. The van der Waals surface area contributed by atoms with Gasteiger partial charge in [-0.25, -0.2) is 0 Å². The number of ketones is 2. The Morgan fingerprint density at radius 3 is 1.90 bits per heavy atom. The monoisotopic (exact) mass is 406 g/mol. The van der Waals surface area contributed by atoms with Crippen molar-refractivity contribution in [2.24, 2.45) is 10.8 Å². The highest BCUT2D eigenvalue weighted by Crippen LogP contribution is 2.53. The Balaban J connectivity index is 1.82. The van der Waals surface area contributed by atoms with E-state index in [2.05, 4.69) is 34.3 Å². The van der Waals surface area contributed by atoms with Crippen molar-refractivity contribution in [3.8, 4) is 5.75 Å². The maximum atomic E-state index is 13.2. The number of ether oxygens (including phenoxy) is 2. The maximum Gasteiger partial charge on any atom is 0.163 e. The van der Waals surface area contributed by atoms with E-state index in [-0.39, 0.29) is 28.3 Å². The van der Waals surface area contributed by atoms with Gasteiger partial charge in [-0.3, -0.25) is 9.59 Å². The predicted molar refractivity (Wildman–Crippen MR) is 116 cm³/mol. The van der Waals surface area contributed by atoms with Crippen LogP contribution < -0.4 is 4.74 Å². The van der Waals surface area contributed by atoms with Gasteiger partial charge >= 0.3 is 0 Å². The number of Topliss-reactive ketones (excluding diaryl/α,β-unsaturated/α-hetero) is 2. The van der Waals surface area contributed by atoms with Crippen LogP contribution >= 0.6 is 0 Å². The van der Waals surface area contributed by atoms with E-state index in [1.165, 1.54) is 0 Å². The molecular formula is C26H30O4. The summed E-state index contributed by atoms with van der Waals surface area (Å²) >= 11 is 0. The van der Waals surface area contributed by atoms with Gasteiger partial charge in [0.1, 0.15) is 23.9 Å². The molecule has 1 heterocycles. The average Bonchev–Trinajstić information content (AvgIpc) is 2.63. The molecule has 158 valence electrons. The second-order valence-electron chi connectivity index (χ2n) is 10.3. The zero-order valence-electron chi connectivity index (χ0n) is 18.3. The minimum absolute atomic E-state index is 0.0856. The van der Waals surface area contributed by atoms with E-state index in [0.717, 1.165) is 22.8 Å². The van der Waals surface area contributed by atoms with Gasteiger partial charge in [-0.1, -0.05) is 52.5 Å². The molecule has 4 nitrogen and oxygen atoms in total. The third-order valence-electron chi connectivity index (χ3n) is 6.16. The molecule has 0 spiro atoms. The Labute approximate surface area is 178 Å². The summed E-state index contributed by atoms with van der Waals surface area (Å²) in [6.07, 6.45) is 4.04. The molecule has 1 aromatic carbocycles. The standard InChI is InChI=1S/C26H30O4/c1-6-11-29-17-9-7-16(8-10-17)22-23-18(27)12-25(2,3)14-20(23)30-21-15-26(4,5)13-19(28)24(21)22/h6-10,22H,1,11-15H2,2-5H3. The lowest BCUT2D eigenvalue weighted by molar-refractivity contribution is -0.120. The summed E-state index contributed by atoms with van der Waals surface area (Å²) in [5.74, 6) is 2.05. The molecule has 1 aromatic rings. The fraction of sp³-hybridized carbons (Fsp3) is 0.462. The normalized spacial score (nSPS) is 22.9. The summed E-state index contributed by atoms with van der Waals surface area (Å²) in [7, 11) is 0. The second-order valence-corrected chi connectivity index (χ2v) is 10.3. The first-order valence-electron chi connectivity index (χ1n) is 10.6. The first kappa shape index (κ1) is 20.6. The van der Waals surface area contributed by atoms with Gasteiger partial charge in [-0.2, -0.15) is 0 Å². The highest BCUT2D eigenvalue weighted by Gasteiger charge is 2.47. The van der Waals surface area contributed by atoms with Gasteiger partial charge in [0.15, 0.2) is 11.6 Å². The molecule has 0 radical (unpaired) electrons. The van der Waals surface area contributed by atoms with Crippen molar-refractivity contribution in [1.82, 2.24) is 0 Å². The minimum Gasteiger partial charge on any atom is -0.490 e. The molecule has 3 aliphatic rings. The minimum atomic E-state index is -0.357. The van der Waals surface area contributed by atoms with E-state index in [1.807, 2.05) is 24.3 Å². The Hall–Kier alpha value is -2.62. The number of hydrogen-bond donors (Lipinski definition) is 0. The van der Waals surface area contributed by atoms with Crippen molar-refractivity contribution < 1.29 is 19.1 Å². The molecule has 4 heteroatoms. The quantitative estimate of drug-likeness (QED) is 0.606. The van der Waals surface area contributed by atoms with Crippen LogP contribution in [0.3, 0.4) is 0 Å². The Kier molecular flexibility index (Phi) is 5.00. The predicted octanol–water partition coefficient (Wildman–Crippen LogP) is 5.65. The Morgan fingerprint density at radius 1 is 0.933 bits per heavy atom. The highest BCUT2D eigenvalue weighted by molar-refractivity contribution is 6.06. The van der Waals surface area contributed by atoms with Crippen molar-refractivity contribution >= 4 is 11.6 Å². The van der Waals surface area contributed by atoms with Crippen LogP contribution in [0.15, 0.2) is 59.6 Å². The van der Waals surface area contributed by atoms with Crippen molar-refractivity contribution in [2.75, 3.05) is 6.61 Å². The zero-order valence-corrected chi connectivity index (χ0v) is 18.3. The first-order valence-corrected chi connectivity index (χ1v) is 10.6. The van der Waals surface area contributed by atoms with Crippen molar-refractivity contribution in [3.05, 3.63) is 65.1 Å². The third kappa shape index (κ3) is 3.76. The van der Waals surface area contributed by atoms with Gasteiger partial charge in [-0.05, 0) is 28.5 Å². The average molecular weight is 407 g/mol. The number of rotatable bonds is 4. The van der Waals surface area contributed by atoms with Crippen LogP contribution in [-0.4, -0.2) is 18.2 Å². The van der Waals surface area contributed by atoms with Crippen LogP contribution in [-0.2, 0) is 14.3 Å². The van der Waals surface area contributed by atoms with Gasteiger partial charge < -0.3 is 9.47 Å². The zero-order chi connectivity index (χ0) is 21.7. The molecule has 0 N–H and O–H groups in total. The van der Waals surface area contributed by atoms with E-state index < -0.39 is 0 Å². The van der Waals surface area contributed by atoms with E-state index >= 15 is 0 Å². The summed E-state index contributed by atoms with van der Waals surface area (Å²) in [6, 6.07) is 7.71. The fourth-order valence-electron chi connectivity index (χ4n) is 4.92. The molecule has 2 aliphatic carbocycles. The van der Waals surface area contributed by atoms with Gasteiger partial charge in [0.25, 0.3) is 0 Å². The lowest BCUT2D eigenvalue weighted by Gasteiger charge is -2.42. The topological polar surface area (TPSA) is 52.6 Å². The Bertz CT molecular complexity index is 921. The molecule has 0 unspecified atom stereocenters. The highest BCUT2D eigenvalue weighted by atomic mass is 16.5. The number of benzene rings is 1. The molecular weight excluding hydrogens is 376 g/mol. The number of allylic oxidation sites excluding steroid dienone is 4. The van der Waals surface area contributed by atoms with Crippen LogP contribution in [0.1, 0.15) is 64.9 Å². The molecule has 1 aliphatic heterocycles. The molecule has 0 amide bonds. The summed E-state index contributed by atoms with van der Waals surface area (Å²) in [5.41, 5.74) is 1.98. The molecule has 0 saturated carbocycles. The van der Waals surface area contributed by atoms with Crippen molar-refractivity contribution in [3.63, 3.8) is 0 Å². The molecule has 0 aromatic heterocycles. The largest absolute Gasteiger partial charge is 0.490 e. The lowest BCUT2D eigenvalue weighted by atomic mass is 9.65. The van der Waals surface area contributed by atoms with Crippen LogP contribution in [0, 0.1) is 10.8 Å². The SMILES string of the molecule is C=CCOc1ccc(C2C3=C(CC(C)(C)CC3=O)OC3=C2C(=O)CC(C)(C)C3)cc1. The van der Waals surface area contributed by atoms with E-state index in [4.69, 9.17) is 9.47 Å². The first-order chi connectivity index (χ1) is 14.1. The number of carbonyl (C=O) groups is 2. The molecule has 0 saturated heterocycles. The van der Waals surface area contributed by atoms with Crippen LogP contribution in [0.4, 0.5) is 0 Å². The number of carbonyl (C=O) groups excluding carboxylic acids is 2. The molecule has 30 heavy (non-hydrogen) atoms. The fourth-order valence-corrected chi connectivity index (χ4v) is 4.92. The van der Waals surface area contributed by atoms with Gasteiger partial charge in [0.2, 0.25) is 0 Å². The van der Waals surface area contributed by atoms with Gasteiger partial charge in [0.05, 0.1) is 0 Å². The van der Waals surface area contributed by atoms with Crippen molar-refractivity contribution in [2.45, 2.75) is 59.3 Å². The van der Waals surface area contributed by atoms with E-state index in [1.54, 1.807) is 6.08 Å². The van der Waals surface area contributed by atoms with E-state index in [9.17, 15) is 9.59 Å².